The Labute approximate surface area is 185 Å². The molecule has 164 valence electrons. The number of carbonyl (C=O) groups excluding carboxylic acids is 1. The highest BCUT2D eigenvalue weighted by atomic mass is 16.1. The summed E-state index contributed by atoms with van der Waals surface area (Å²) in [7, 11) is 1.82. The van der Waals surface area contributed by atoms with Crippen molar-refractivity contribution in [1.29, 1.82) is 0 Å². The number of nitrogens with zero attached hydrogens (tertiary/aromatic N) is 5. The number of pyridine rings is 1. The van der Waals surface area contributed by atoms with Gasteiger partial charge in [0.05, 0.1) is 16.6 Å². The standard InChI is InChI=1S/C23H26N8O/c1-14-12-31(13-15(2)25-14)21-9-8-16(11-24-21)23(32)28-20-10-19(30(3)29-20)22-26-17-6-4-5-7-18(17)27-22/h4-11,14-15,25H,12-13H2,1-3H3,(H,26,27)(H,28,29,32)/t14-,15-/m0/s1. The van der Waals surface area contributed by atoms with Gasteiger partial charge in [-0.05, 0) is 38.1 Å². The quantitative estimate of drug-likeness (QED) is 0.460. The molecule has 1 saturated heterocycles. The van der Waals surface area contributed by atoms with Crippen molar-refractivity contribution in [3.05, 3.63) is 54.2 Å². The fourth-order valence-corrected chi connectivity index (χ4v) is 4.23. The van der Waals surface area contributed by atoms with E-state index in [0.29, 0.717) is 29.3 Å². The number of H-pyrrole nitrogens is 1. The number of para-hydroxylation sites is 2. The van der Waals surface area contributed by atoms with Gasteiger partial charge in [-0.1, -0.05) is 12.1 Å². The lowest BCUT2D eigenvalue weighted by atomic mass is 10.1. The maximum Gasteiger partial charge on any atom is 0.258 e. The first-order valence-electron chi connectivity index (χ1n) is 10.7. The van der Waals surface area contributed by atoms with Gasteiger partial charge in [-0.15, -0.1) is 0 Å². The normalized spacial score (nSPS) is 18.8. The third-order valence-electron chi connectivity index (χ3n) is 5.64. The fraction of sp³-hybridized carbons (Fsp3) is 0.304. The maximum absolute atomic E-state index is 12.8. The number of rotatable bonds is 4. The van der Waals surface area contributed by atoms with Crippen molar-refractivity contribution in [3.63, 3.8) is 0 Å². The highest BCUT2D eigenvalue weighted by Crippen LogP contribution is 2.23. The fourth-order valence-electron chi connectivity index (χ4n) is 4.23. The molecule has 9 nitrogen and oxygen atoms in total. The molecular weight excluding hydrogens is 404 g/mol. The van der Waals surface area contributed by atoms with Crippen molar-refractivity contribution < 1.29 is 4.79 Å². The second-order valence-electron chi connectivity index (χ2n) is 8.37. The number of carbonyl (C=O) groups is 1. The van der Waals surface area contributed by atoms with Crippen molar-refractivity contribution in [2.45, 2.75) is 25.9 Å². The van der Waals surface area contributed by atoms with Crippen LogP contribution in [-0.2, 0) is 7.05 Å². The Morgan fingerprint density at radius 2 is 1.91 bits per heavy atom. The van der Waals surface area contributed by atoms with Gasteiger partial charge in [0.1, 0.15) is 11.5 Å². The number of piperazine rings is 1. The average Bonchev–Trinajstić information content (AvgIpc) is 3.36. The Hall–Kier alpha value is -3.72. The van der Waals surface area contributed by atoms with Gasteiger partial charge in [0.2, 0.25) is 0 Å². The number of imidazole rings is 1. The lowest BCUT2D eigenvalue weighted by molar-refractivity contribution is 0.102. The van der Waals surface area contributed by atoms with E-state index in [9.17, 15) is 4.79 Å². The van der Waals surface area contributed by atoms with E-state index in [1.165, 1.54) is 0 Å². The minimum Gasteiger partial charge on any atom is -0.354 e. The summed E-state index contributed by atoms with van der Waals surface area (Å²) in [5, 5.41) is 10.8. The number of aromatic nitrogens is 5. The molecule has 0 bridgehead atoms. The zero-order valence-corrected chi connectivity index (χ0v) is 18.3. The lowest BCUT2D eigenvalue weighted by Gasteiger charge is -2.36. The summed E-state index contributed by atoms with van der Waals surface area (Å²) < 4.78 is 1.70. The zero-order chi connectivity index (χ0) is 22.2. The maximum atomic E-state index is 12.8. The number of amides is 1. The molecule has 0 saturated carbocycles. The highest BCUT2D eigenvalue weighted by molar-refractivity contribution is 6.03. The Kier molecular flexibility index (Phi) is 5.10. The smallest absolute Gasteiger partial charge is 0.258 e. The summed E-state index contributed by atoms with van der Waals surface area (Å²) >= 11 is 0. The van der Waals surface area contributed by atoms with Crippen LogP contribution < -0.4 is 15.5 Å². The summed E-state index contributed by atoms with van der Waals surface area (Å²) in [4.78, 5) is 27.4. The Bertz CT molecular complexity index is 1220. The molecule has 32 heavy (non-hydrogen) atoms. The highest BCUT2D eigenvalue weighted by Gasteiger charge is 2.22. The van der Waals surface area contributed by atoms with Gasteiger partial charge in [-0.2, -0.15) is 5.10 Å². The first-order chi connectivity index (χ1) is 15.5. The number of hydrogen-bond donors (Lipinski definition) is 3. The number of hydrogen-bond acceptors (Lipinski definition) is 6. The molecule has 9 heteroatoms. The molecule has 1 aromatic carbocycles. The van der Waals surface area contributed by atoms with E-state index in [1.54, 1.807) is 23.0 Å². The van der Waals surface area contributed by atoms with Gasteiger partial charge in [0, 0.05) is 44.5 Å². The number of benzene rings is 1. The second-order valence-corrected chi connectivity index (χ2v) is 8.37. The van der Waals surface area contributed by atoms with Crippen molar-refractivity contribution in [2.24, 2.45) is 7.05 Å². The van der Waals surface area contributed by atoms with E-state index in [0.717, 1.165) is 35.6 Å². The van der Waals surface area contributed by atoms with E-state index in [1.807, 2.05) is 37.4 Å². The minimum atomic E-state index is -0.250. The van der Waals surface area contributed by atoms with Crippen molar-refractivity contribution in [1.82, 2.24) is 30.0 Å². The van der Waals surface area contributed by atoms with Gasteiger partial charge in [-0.25, -0.2) is 9.97 Å². The molecule has 5 rings (SSSR count). The van der Waals surface area contributed by atoms with E-state index >= 15 is 0 Å². The van der Waals surface area contributed by atoms with Crippen LogP contribution in [0, 0.1) is 0 Å². The Balaban J connectivity index is 1.30. The van der Waals surface area contributed by atoms with Crippen LogP contribution in [0.2, 0.25) is 0 Å². The predicted octanol–water partition coefficient (Wildman–Crippen LogP) is 2.80. The number of aromatic amines is 1. The number of anilines is 2. The second kappa shape index (κ2) is 8.08. The lowest BCUT2D eigenvalue weighted by Crippen LogP contribution is -2.54. The molecule has 0 spiro atoms. The van der Waals surface area contributed by atoms with Crippen LogP contribution in [-0.4, -0.2) is 55.8 Å². The summed E-state index contributed by atoms with van der Waals surface area (Å²) in [6, 6.07) is 14.1. The van der Waals surface area contributed by atoms with Crippen LogP contribution in [0.4, 0.5) is 11.6 Å². The molecule has 3 aromatic heterocycles. The predicted molar refractivity (Wildman–Crippen MR) is 125 cm³/mol. The molecule has 1 fully saturated rings. The van der Waals surface area contributed by atoms with Crippen molar-refractivity contribution in [2.75, 3.05) is 23.3 Å². The van der Waals surface area contributed by atoms with Crippen LogP contribution in [0.15, 0.2) is 48.7 Å². The molecule has 0 radical (unpaired) electrons. The largest absolute Gasteiger partial charge is 0.354 e. The van der Waals surface area contributed by atoms with Crippen molar-refractivity contribution in [3.8, 4) is 11.5 Å². The monoisotopic (exact) mass is 430 g/mol. The summed E-state index contributed by atoms with van der Waals surface area (Å²) in [6.07, 6.45) is 1.62. The Morgan fingerprint density at radius 1 is 1.12 bits per heavy atom. The molecule has 1 aliphatic rings. The molecule has 0 aliphatic carbocycles. The van der Waals surface area contributed by atoms with Gasteiger partial charge in [0.25, 0.3) is 5.91 Å². The van der Waals surface area contributed by atoms with Crippen LogP contribution in [0.5, 0.6) is 0 Å². The molecule has 1 amide bonds. The van der Waals surface area contributed by atoms with Crippen LogP contribution in [0.3, 0.4) is 0 Å². The van der Waals surface area contributed by atoms with Gasteiger partial charge >= 0.3 is 0 Å². The van der Waals surface area contributed by atoms with E-state index in [-0.39, 0.29) is 5.91 Å². The van der Waals surface area contributed by atoms with E-state index in [4.69, 9.17) is 0 Å². The number of aryl methyl sites for hydroxylation is 1. The van der Waals surface area contributed by atoms with Gasteiger partial charge in [-0.3, -0.25) is 9.48 Å². The molecule has 1 aliphatic heterocycles. The SMILES string of the molecule is C[C@H]1CN(c2ccc(C(=O)Nc3cc(-c4nc5ccccc5[nH]4)n(C)n3)cn2)C[C@H](C)N1. The molecule has 2 atom stereocenters. The van der Waals surface area contributed by atoms with E-state index < -0.39 is 0 Å². The summed E-state index contributed by atoms with van der Waals surface area (Å²) in [5.41, 5.74) is 3.11. The van der Waals surface area contributed by atoms with Gasteiger partial charge in [0.15, 0.2) is 11.6 Å². The van der Waals surface area contributed by atoms with Crippen LogP contribution >= 0.6 is 0 Å². The first-order valence-corrected chi connectivity index (χ1v) is 10.7. The molecule has 0 unspecified atom stereocenters. The minimum absolute atomic E-state index is 0.250. The molecular formula is C23H26N8O. The molecule has 4 heterocycles. The summed E-state index contributed by atoms with van der Waals surface area (Å²) in [5.74, 6) is 1.79. The summed E-state index contributed by atoms with van der Waals surface area (Å²) in [6.45, 7) is 6.11. The van der Waals surface area contributed by atoms with E-state index in [2.05, 4.69) is 49.4 Å². The van der Waals surface area contributed by atoms with Crippen LogP contribution in [0.25, 0.3) is 22.6 Å². The third-order valence-corrected chi connectivity index (χ3v) is 5.64. The molecule has 3 N–H and O–H groups in total. The average molecular weight is 431 g/mol. The number of fused-ring (bicyclic) bond motifs is 1. The first kappa shape index (κ1) is 20.2. The number of nitrogens with one attached hydrogen (secondary N) is 3. The van der Waals surface area contributed by atoms with Crippen molar-refractivity contribution >= 4 is 28.6 Å². The van der Waals surface area contributed by atoms with Crippen LogP contribution in [0.1, 0.15) is 24.2 Å². The topological polar surface area (TPSA) is 104 Å². The van der Waals surface area contributed by atoms with Gasteiger partial charge < -0.3 is 20.5 Å². The Morgan fingerprint density at radius 3 is 2.62 bits per heavy atom. The zero-order valence-electron chi connectivity index (χ0n) is 18.3. The third kappa shape index (κ3) is 3.94. The molecule has 4 aromatic rings.